The molecular formula is C13H16N2O4S. The lowest BCUT2D eigenvalue weighted by Gasteiger charge is -2.06. The summed E-state index contributed by atoms with van der Waals surface area (Å²) in [6.45, 7) is 0.566. The van der Waals surface area contributed by atoms with Crippen molar-refractivity contribution in [3.8, 4) is 5.75 Å². The summed E-state index contributed by atoms with van der Waals surface area (Å²) < 4.78 is 32.8. The van der Waals surface area contributed by atoms with Crippen molar-refractivity contribution in [2.24, 2.45) is 0 Å². The van der Waals surface area contributed by atoms with Crippen LogP contribution in [-0.4, -0.2) is 31.4 Å². The van der Waals surface area contributed by atoms with Crippen LogP contribution in [0.3, 0.4) is 0 Å². The molecule has 0 bridgehead atoms. The SMILES string of the molecule is CS(=O)(=O)c1ccc(OCCCCc2ncon2)cc1. The van der Waals surface area contributed by atoms with Gasteiger partial charge < -0.3 is 9.26 Å². The highest BCUT2D eigenvalue weighted by molar-refractivity contribution is 7.90. The Kier molecular flexibility index (Phi) is 4.73. The fourth-order valence-corrected chi connectivity index (χ4v) is 2.29. The first-order valence-corrected chi connectivity index (χ1v) is 8.13. The van der Waals surface area contributed by atoms with Gasteiger partial charge in [0.2, 0.25) is 6.39 Å². The minimum absolute atomic E-state index is 0.293. The first-order valence-electron chi connectivity index (χ1n) is 6.24. The van der Waals surface area contributed by atoms with E-state index in [4.69, 9.17) is 4.74 Å². The zero-order valence-corrected chi connectivity index (χ0v) is 12.0. The van der Waals surface area contributed by atoms with Crippen LogP contribution in [0.25, 0.3) is 0 Å². The van der Waals surface area contributed by atoms with Crippen LogP contribution in [0.15, 0.2) is 40.1 Å². The lowest BCUT2D eigenvalue weighted by atomic mass is 10.2. The Balaban J connectivity index is 1.72. The third-order valence-electron chi connectivity index (χ3n) is 2.72. The number of unbranched alkanes of at least 4 members (excludes halogenated alkanes) is 1. The number of aryl methyl sites for hydroxylation is 1. The van der Waals surface area contributed by atoms with Crippen molar-refractivity contribution in [2.45, 2.75) is 24.2 Å². The molecule has 20 heavy (non-hydrogen) atoms. The monoisotopic (exact) mass is 296 g/mol. The Bertz CT molecular complexity index is 621. The minimum atomic E-state index is -3.15. The second-order valence-electron chi connectivity index (χ2n) is 4.40. The van der Waals surface area contributed by atoms with Crippen LogP contribution in [0.2, 0.25) is 0 Å². The molecule has 1 aromatic carbocycles. The number of nitrogens with zero attached hydrogens (tertiary/aromatic N) is 2. The molecule has 7 heteroatoms. The third kappa shape index (κ3) is 4.34. The summed E-state index contributed by atoms with van der Waals surface area (Å²) in [4.78, 5) is 4.22. The van der Waals surface area contributed by atoms with Gasteiger partial charge in [-0.2, -0.15) is 4.98 Å². The fraction of sp³-hybridized carbons (Fsp3) is 0.385. The molecule has 0 aliphatic heterocycles. The van der Waals surface area contributed by atoms with Gasteiger partial charge in [0, 0.05) is 12.7 Å². The predicted molar refractivity (Wildman–Crippen MR) is 72.3 cm³/mol. The Morgan fingerprint density at radius 2 is 1.95 bits per heavy atom. The lowest BCUT2D eigenvalue weighted by molar-refractivity contribution is 0.306. The van der Waals surface area contributed by atoms with E-state index in [0.29, 0.717) is 23.1 Å². The van der Waals surface area contributed by atoms with Gasteiger partial charge in [-0.1, -0.05) is 5.16 Å². The van der Waals surface area contributed by atoms with Crippen molar-refractivity contribution in [3.05, 3.63) is 36.5 Å². The van der Waals surface area contributed by atoms with Gasteiger partial charge in [-0.25, -0.2) is 8.42 Å². The number of hydrogen-bond acceptors (Lipinski definition) is 6. The van der Waals surface area contributed by atoms with Crippen molar-refractivity contribution < 1.29 is 17.7 Å². The van der Waals surface area contributed by atoms with Crippen LogP contribution in [0.5, 0.6) is 5.75 Å². The van der Waals surface area contributed by atoms with Gasteiger partial charge in [0.25, 0.3) is 0 Å². The maximum absolute atomic E-state index is 11.3. The zero-order chi connectivity index (χ0) is 14.4. The van der Waals surface area contributed by atoms with Crippen LogP contribution in [-0.2, 0) is 16.3 Å². The largest absolute Gasteiger partial charge is 0.494 e. The van der Waals surface area contributed by atoms with Crippen LogP contribution in [0, 0.1) is 0 Å². The number of ether oxygens (including phenoxy) is 1. The summed E-state index contributed by atoms with van der Waals surface area (Å²) in [5.41, 5.74) is 0. The van der Waals surface area contributed by atoms with E-state index in [1.807, 2.05) is 0 Å². The molecule has 1 heterocycles. The molecule has 0 saturated carbocycles. The number of sulfone groups is 1. The maximum Gasteiger partial charge on any atom is 0.213 e. The molecule has 0 fully saturated rings. The number of hydrogen-bond donors (Lipinski definition) is 0. The molecule has 108 valence electrons. The maximum atomic E-state index is 11.3. The normalized spacial score (nSPS) is 11.4. The first-order chi connectivity index (χ1) is 9.55. The second-order valence-corrected chi connectivity index (χ2v) is 6.41. The van der Waals surface area contributed by atoms with E-state index < -0.39 is 9.84 Å². The summed E-state index contributed by atoms with van der Waals surface area (Å²) in [7, 11) is -3.15. The number of rotatable bonds is 7. The molecule has 0 aliphatic rings. The highest BCUT2D eigenvalue weighted by atomic mass is 32.2. The molecule has 0 atom stereocenters. The van der Waals surface area contributed by atoms with E-state index >= 15 is 0 Å². The average Bonchev–Trinajstić information content (AvgIpc) is 2.91. The van der Waals surface area contributed by atoms with Gasteiger partial charge in [-0.15, -0.1) is 0 Å². The van der Waals surface area contributed by atoms with E-state index in [9.17, 15) is 8.42 Å². The average molecular weight is 296 g/mol. The van der Waals surface area contributed by atoms with E-state index in [1.165, 1.54) is 12.6 Å². The van der Waals surface area contributed by atoms with E-state index in [-0.39, 0.29) is 0 Å². The van der Waals surface area contributed by atoms with Crippen molar-refractivity contribution in [1.29, 1.82) is 0 Å². The molecule has 0 unspecified atom stereocenters. The smallest absolute Gasteiger partial charge is 0.213 e. The van der Waals surface area contributed by atoms with Gasteiger partial charge in [-0.05, 0) is 37.1 Å². The highest BCUT2D eigenvalue weighted by Crippen LogP contribution is 2.16. The summed E-state index contributed by atoms with van der Waals surface area (Å²) in [5, 5.41) is 3.72. The summed E-state index contributed by atoms with van der Waals surface area (Å²) >= 11 is 0. The topological polar surface area (TPSA) is 82.3 Å². The van der Waals surface area contributed by atoms with Gasteiger partial charge in [0.15, 0.2) is 15.7 Å². The Labute approximate surface area is 117 Å². The standard InChI is InChI=1S/C13H16N2O4S/c1-20(16,17)12-7-5-11(6-8-12)18-9-3-2-4-13-14-10-19-15-13/h5-8,10H,2-4,9H2,1H3. The van der Waals surface area contributed by atoms with Crippen molar-refractivity contribution in [1.82, 2.24) is 10.1 Å². The predicted octanol–water partition coefficient (Wildman–Crippen LogP) is 1.87. The second kappa shape index (κ2) is 6.51. The van der Waals surface area contributed by atoms with Gasteiger partial charge >= 0.3 is 0 Å². The molecule has 0 spiro atoms. The lowest BCUT2D eigenvalue weighted by Crippen LogP contribution is -2.00. The van der Waals surface area contributed by atoms with Crippen LogP contribution in [0.4, 0.5) is 0 Å². The van der Waals surface area contributed by atoms with E-state index in [1.54, 1.807) is 24.3 Å². The minimum Gasteiger partial charge on any atom is -0.494 e. The quantitative estimate of drug-likeness (QED) is 0.725. The number of aromatic nitrogens is 2. The number of benzene rings is 1. The van der Waals surface area contributed by atoms with Crippen molar-refractivity contribution in [2.75, 3.05) is 12.9 Å². The van der Waals surface area contributed by atoms with Crippen molar-refractivity contribution >= 4 is 9.84 Å². The molecule has 0 saturated heterocycles. The molecule has 2 rings (SSSR count). The molecule has 2 aromatic rings. The van der Waals surface area contributed by atoms with Crippen LogP contribution >= 0.6 is 0 Å². The molecule has 0 radical (unpaired) electrons. The van der Waals surface area contributed by atoms with Crippen molar-refractivity contribution in [3.63, 3.8) is 0 Å². The zero-order valence-electron chi connectivity index (χ0n) is 11.2. The summed E-state index contributed by atoms with van der Waals surface area (Å²) in [6, 6.07) is 6.42. The van der Waals surface area contributed by atoms with Gasteiger partial charge in [0.05, 0.1) is 11.5 Å². The van der Waals surface area contributed by atoms with Gasteiger partial charge in [0.1, 0.15) is 5.75 Å². The molecule has 1 aromatic heterocycles. The Morgan fingerprint density at radius 1 is 1.20 bits per heavy atom. The molecule has 6 nitrogen and oxygen atoms in total. The Hall–Kier alpha value is -1.89. The van der Waals surface area contributed by atoms with Gasteiger partial charge in [-0.3, -0.25) is 0 Å². The molecule has 0 aliphatic carbocycles. The first kappa shape index (κ1) is 14.5. The Morgan fingerprint density at radius 3 is 2.55 bits per heavy atom. The molecular weight excluding hydrogens is 280 g/mol. The summed E-state index contributed by atoms with van der Waals surface area (Å²) in [5.74, 6) is 1.36. The molecule has 0 amide bonds. The molecule has 0 N–H and O–H groups in total. The third-order valence-corrected chi connectivity index (χ3v) is 3.85. The van der Waals surface area contributed by atoms with E-state index in [0.717, 1.165) is 19.3 Å². The van der Waals surface area contributed by atoms with E-state index in [2.05, 4.69) is 14.7 Å². The van der Waals surface area contributed by atoms with Crippen LogP contribution in [0.1, 0.15) is 18.7 Å². The fourth-order valence-electron chi connectivity index (χ4n) is 1.66. The van der Waals surface area contributed by atoms with Crippen LogP contribution < -0.4 is 4.74 Å². The highest BCUT2D eigenvalue weighted by Gasteiger charge is 2.06. The summed E-state index contributed by atoms with van der Waals surface area (Å²) in [6.07, 6.45) is 5.02.